The van der Waals surface area contributed by atoms with Crippen molar-refractivity contribution >= 4 is 11.9 Å². The molecular formula is C22H25NO6. The Bertz CT molecular complexity index is 910. The zero-order chi connectivity index (χ0) is 21.0. The summed E-state index contributed by atoms with van der Waals surface area (Å²) in [7, 11) is 4.60. The number of ether oxygens (including phenoxy) is 3. The van der Waals surface area contributed by atoms with E-state index >= 15 is 0 Å². The molecule has 1 aliphatic heterocycles. The summed E-state index contributed by atoms with van der Waals surface area (Å²) in [6, 6.07) is 10.0. The van der Waals surface area contributed by atoms with E-state index in [1.807, 2.05) is 18.2 Å². The molecule has 7 heteroatoms. The summed E-state index contributed by atoms with van der Waals surface area (Å²) < 4.78 is 16.1. The number of carboxylic acid groups (broad SMARTS) is 1. The van der Waals surface area contributed by atoms with Crippen LogP contribution in [0.15, 0.2) is 36.4 Å². The molecule has 0 aliphatic carbocycles. The smallest absolute Gasteiger partial charge is 0.331 e. The Labute approximate surface area is 169 Å². The summed E-state index contributed by atoms with van der Waals surface area (Å²) in [5, 5.41) is 9.75. The highest BCUT2D eigenvalue weighted by Gasteiger charge is 2.35. The van der Waals surface area contributed by atoms with E-state index in [2.05, 4.69) is 0 Å². The fourth-order valence-electron chi connectivity index (χ4n) is 3.85. The molecule has 1 N–H and O–H groups in total. The Morgan fingerprint density at radius 1 is 1.03 bits per heavy atom. The van der Waals surface area contributed by atoms with Crippen molar-refractivity contribution in [3.05, 3.63) is 53.1 Å². The number of methoxy groups -OCH3 is 3. The molecule has 29 heavy (non-hydrogen) atoms. The number of carbonyl (C=O) groups excluding carboxylic acids is 1. The molecule has 1 atom stereocenters. The molecule has 0 saturated heterocycles. The van der Waals surface area contributed by atoms with Gasteiger partial charge in [-0.3, -0.25) is 4.79 Å². The number of rotatable bonds is 7. The van der Waals surface area contributed by atoms with E-state index in [4.69, 9.17) is 14.2 Å². The summed E-state index contributed by atoms with van der Waals surface area (Å²) in [6.45, 7) is 0.385. The summed E-state index contributed by atoms with van der Waals surface area (Å²) in [5.41, 5.74) is 2.46. The number of benzene rings is 2. The van der Waals surface area contributed by atoms with Gasteiger partial charge in [-0.1, -0.05) is 30.3 Å². The van der Waals surface area contributed by atoms with Gasteiger partial charge in [0.2, 0.25) is 11.7 Å². The standard InChI is InChI=1S/C22H25NO6/c1-27-17-10-8-15(20(28-2)21(17)29-3)9-11-18(24)23-13-12-14-6-4-5-7-16(14)19(23)22(25)26/h4-8,10,19H,9,11-13H2,1-3H3,(H,25,26). The molecule has 0 saturated carbocycles. The quantitative estimate of drug-likeness (QED) is 0.771. The fraction of sp³-hybridized carbons (Fsp3) is 0.364. The van der Waals surface area contributed by atoms with Crippen molar-refractivity contribution in [1.82, 2.24) is 4.90 Å². The highest BCUT2D eigenvalue weighted by Crippen LogP contribution is 2.40. The maximum atomic E-state index is 12.9. The van der Waals surface area contributed by atoms with Crippen molar-refractivity contribution in [2.24, 2.45) is 0 Å². The minimum atomic E-state index is -1.02. The number of hydrogen-bond acceptors (Lipinski definition) is 5. The average Bonchev–Trinajstić information content (AvgIpc) is 2.75. The topological polar surface area (TPSA) is 85.3 Å². The second kappa shape index (κ2) is 8.86. The molecule has 3 rings (SSSR count). The Hall–Kier alpha value is -3.22. The first-order valence-corrected chi connectivity index (χ1v) is 9.39. The molecule has 1 amide bonds. The van der Waals surface area contributed by atoms with Gasteiger partial charge in [-0.05, 0) is 35.6 Å². The first-order valence-electron chi connectivity index (χ1n) is 9.39. The molecule has 7 nitrogen and oxygen atoms in total. The van der Waals surface area contributed by atoms with E-state index in [1.165, 1.54) is 19.1 Å². The third-order valence-electron chi connectivity index (χ3n) is 5.23. The molecule has 1 unspecified atom stereocenters. The molecule has 1 heterocycles. The predicted molar refractivity (Wildman–Crippen MR) is 107 cm³/mol. The van der Waals surface area contributed by atoms with Crippen molar-refractivity contribution in [2.75, 3.05) is 27.9 Å². The van der Waals surface area contributed by atoms with Gasteiger partial charge in [0.1, 0.15) is 0 Å². The summed E-state index contributed by atoms with van der Waals surface area (Å²) in [5.74, 6) is 0.296. The van der Waals surface area contributed by atoms with Gasteiger partial charge in [-0.15, -0.1) is 0 Å². The van der Waals surface area contributed by atoms with Crippen molar-refractivity contribution in [3.63, 3.8) is 0 Å². The second-order valence-electron chi connectivity index (χ2n) is 6.77. The lowest BCUT2D eigenvalue weighted by atomic mass is 9.92. The molecule has 1 aliphatic rings. The molecule has 0 bridgehead atoms. The van der Waals surface area contributed by atoms with E-state index in [0.717, 1.165) is 11.1 Å². The summed E-state index contributed by atoms with van der Waals surface area (Å²) in [4.78, 5) is 26.3. The normalized spacial score (nSPS) is 15.4. The zero-order valence-corrected chi connectivity index (χ0v) is 16.8. The van der Waals surface area contributed by atoms with Crippen molar-refractivity contribution in [2.45, 2.75) is 25.3 Å². The van der Waals surface area contributed by atoms with Crippen LogP contribution in [0.25, 0.3) is 0 Å². The van der Waals surface area contributed by atoms with Crippen LogP contribution in [0, 0.1) is 0 Å². The van der Waals surface area contributed by atoms with E-state index < -0.39 is 12.0 Å². The van der Waals surface area contributed by atoms with Crippen LogP contribution in [0.5, 0.6) is 17.2 Å². The highest BCUT2D eigenvalue weighted by atomic mass is 16.5. The third-order valence-corrected chi connectivity index (χ3v) is 5.23. The van der Waals surface area contributed by atoms with E-state index in [0.29, 0.717) is 42.2 Å². The van der Waals surface area contributed by atoms with Gasteiger partial charge < -0.3 is 24.2 Å². The molecule has 2 aromatic carbocycles. The summed E-state index contributed by atoms with van der Waals surface area (Å²) >= 11 is 0. The number of hydrogen-bond donors (Lipinski definition) is 1. The minimum absolute atomic E-state index is 0.164. The Balaban J connectivity index is 1.80. The fourth-order valence-corrected chi connectivity index (χ4v) is 3.85. The van der Waals surface area contributed by atoms with Crippen molar-refractivity contribution in [1.29, 1.82) is 0 Å². The molecule has 0 aromatic heterocycles. The number of nitrogens with zero attached hydrogens (tertiary/aromatic N) is 1. The molecule has 2 aromatic rings. The van der Waals surface area contributed by atoms with Crippen LogP contribution in [0.2, 0.25) is 0 Å². The van der Waals surface area contributed by atoms with Gasteiger partial charge in [0.15, 0.2) is 17.5 Å². The van der Waals surface area contributed by atoms with Gasteiger partial charge in [0, 0.05) is 13.0 Å². The first-order chi connectivity index (χ1) is 14.0. The number of aliphatic carboxylic acids is 1. The third kappa shape index (κ3) is 3.99. The molecule has 0 spiro atoms. The average molecular weight is 399 g/mol. The largest absolute Gasteiger partial charge is 0.493 e. The van der Waals surface area contributed by atoms with Crippen LogP contribution in [-0.2, 0) is 22.4 Å². The lowest BCUT2D eigenvalue weighted by Crippen LogP contribution is -2.43. The molecular weight excluding hydrogens is 374 g/mol. The summed E-state index contributed by atoms with van der Waals surface area (Å²) in [6.07, 6.45) is 1.20. The maximum absolute atomic E-state index is 12.9. The lowest BCUT2D eigenvalue weighted by molar-refractivity contribution is -0.151. The molecule has 154 valence electrons. The number of aryl methyl sites for hydroxylation is 1. The zero-order valence-electron chi connectivity index (χ0n) is 16.8. The lowest BCUT2D eigenvalue weighted by Gasteiger charge is -2.35. The monoisotopic (exact) mass is 399 g/mol. The van der Waals surface area contributed by atoms with Gasteiger partial charge >= 0.3 is 5.97 Å². The van der Waals surface area contributed by atoms with Crippen molar-refractivity contribution in [3.8, 4) is 17.2 Å². The van der Waals surface area contributed by atoms with Crippen LogP contribution in [0.3, 0.4) is 0 Å². The van der Waals surface area contributed by atoms with Gasteiger partial charge in [0.05, 0.1) is 21.3 Å². The Kier molecular flexibility index (Phi) is 6.26. The first kappa shape index (κ1) is 20.5. The second-order valence-corrected chi connectivity index (χ2v) is 6.77. The van der Waals surface area contributed by atoms with Crippen LogP contribution in [-0.4, -0.2) is 49.8 Å². The number of fused-ring (bicyclic) bond motifs is 1. The molecule has 0 fully saturated rings. The number of carbonyl (C=O) groups is 2. The highest BCUT2D eigenvalue weighted by molar-refractivity contribution is 5.85. The van der Waals surface area contributed by atoms with E-state index in [9.17, 15) is 14.7 Å². The number of amides is 1. The SMILES string of the molecule is COc1ccc(CCC(=O)N2CCc3ccccc3C2C(=O)O)c(OC)c1OC. The van der Waals surface area contributed by atoms with E-state index in [-0.39, 0.29) is 12.3 Å². The van der Waals surface area contributed by atoms with Crippen molar-refractivity contribution < 1.29 is 28.9 Å². The number of carboxylic acids is 1. The van der Waals surface area contributed by atoms with Crippen LogP contribution >= 0.6 is 0 Å². The maximum Gasteiger partial charge on any atom is 0.331 e. The minimum Gasteiger partial charge on any atom is -0.493 e. The van der Waals surface area contributed by atoms with Crippen LogP contribution in [0.1, 0.15) is 29.2 Å². The predicted octanol–water partition coefficient (Wildman–Crippen LogP) is 2.86. The van der Waals surface area contributed by atoms with Gasteiger partial charge in [-0.2, -0.15) is 0 Å². The van der Waals surface area contributed by atoms with Crippen LogP contribution in [0.4, 0.5) is 0 Å². The Morgan fingerprint density at radius 2 is 1.76 bits per heavy atom. The molecule has 0 radical (unpaired) electrons. The van der Waals surface area contributed by atoms with Gasteiger partial charge in [-0.25, -0.2) is 4.79 Å². The van der Waals surface area contributed by atoms with E-state index in [1.54, 1.807) is 25.3 Å². The Morgan fingerprint density at radius 3 is 2.41 bits per heavy atom. The van der Waals surface area contributed by atoms with Crippen LogP contribution < -0.4 is 14.2 Å². The van der Waals surface area contributed by atoms with Gasteiger partial charge in [0.25, 0.3) is 0 Å².